The molecule has 3 aromatic rings. The smallest absolute Gasteiger partial charge is 0.118 e. The first kappa shape index (κ1) is 12.4. The van der Waals surface area contributed by atoms with Crippen LogP contribution in [0.1, 0.15) is 5.69 Å². The Morgan fingerprint density at radius 1 is 0.952 bits per heavy atom. The molecule has 2 heterocycles. The Labute approximate surface area is 127 Å². The molecule has 0 saturated heterocycles. The van der Waals surface area contributed by atoms with Gasteiger partial charge in [0.15, 0.2) is 0 Å². The zero-order chi connectivity index (χ0) is 14.2. The molecular formula is C16H13ClN4. The van der Waals surface area contributed by atoms with Crippen molar-refractivity contribution in [3.63, 3.8) is 0 Å². The number of hydrogen-bond acceptors (Lipinski definition) is 3. The van der Waals surface area contributed by atoms with Gasteiger partial charge in [-0.05, 0) is 18.2 Å². The maximum absolute atomic E-state index is 6.38. The molecule has 4 rings (SSSR count). The van der Waals surface area contributed by atoms with Crippen molar-refractivity contribution >= 4 is 23.0 Å². The van der Waals surface area contributed by atoms with Crippen LogP contribution in [0.3, 0.4) is 0 Å². The van der Waals surface area contributed by atoms with Gasteiger partial charge in [0.1, 0.15) is 5.69 Å². The summed E-state index contributed by atoms with van der Waals surface area (Å²) >= 11 is 6.38. The molecule has 0 saturated carbocycles. The molecule has 0 fully saturated rings. The lowest BCUT2D eigenvalue weighted by Gasteiger charge is -2.25. The molecule has 2 aromatic carbocycles. The van der Waals surface area contributed by atoms with Crippen LogP contribution in [0.2, 0.25) is 5.02 Å². The number of para-hydroxylation sites is 2. The Hall–Kier alpha value is -2.33. The molecule has 0 radical (unpaired) electrons. The summed E-state index contributed by atoms with van der Waals surface area (Å²) in [7, 11) is 0. The molecule has 21 heavy (non-hydrogen) atoms. The highest BCUT2D eigenvalue weighted by molar-refractivity contribution is 6.33. The molecule has 1 aliphatic rings. The van der Waals surface area contributed by atoms with Gasteiger partial charge < -0.3 is 4.90 Å². The number of hydrogen-bond donors (Lipinski definition) is 1. The number of anilines is 2. The summed E-state index contributed by atoms with van der Waals surface area (Å²) in [6.45, 7) is 0.820. The van der Waals surface area contributed by atoms with Crippen molar-refractivity contribution in [1.29, 1.82) is 0 Å². The second-order valence-corrected chi connectivity index (χ2v) is 5.40. The minimum Gasteiger partial charge on any atom is -0.339 e. The van der Waals surface area contributed by atoms with Crippen molar-refractivity contribution in [2.75, 3.05) is 11.4 Å². The average Bonchev–Trinajstić information content (AvgIpc) is 2.92. The van der Waals surface area contributed by atoms with Gasteiger partial charge >= 0.3 is 0 Å². The number of aromatic nitrogens is 3. The van der Waals surface area contributed by atoms with Crippen LogP contribution in [0.4, 0.5) is 11.4 Å². The minimum absolute atomic E-state index is 0.751. The lowest BCUT2D eigenvalue weighted by molar-refractivity contribution is 0.859. The van der Waals surface area contributed by atoms with Crippen LogP contribution in [0.25, 0.3) is 11.3 Å². The van der Waals surface area contributed by atoms with Crippen LogP contribution in [0.15, 0.2) is 48.5 Å². The molecule has 104 valence electrons. The summed E-state index contributed by atoms with van der Waals surface area (Å²) in [6.07, 6.45) is 0.825. The maximum atomic E-state index is 6.38. The molecule has 0 atom stereocenters. The van der Waals surface area contributed by atoms with Crippen molar-refractivity contribution in [2.45, 2.75) is 6.42 Å². The normalized spacial score (nSPS) is 13.5. The van der Waals surface area contributed by atoms with E-state index in [2.05, 4.69) is 32.4 Å². The Morgan fingerprint density at radius 2 is 1.71 bits per heavy atom. The molecule has 5 heteroatoms. The van der Waals surface area contributed by atoms with Gasteiger partial charge in [-0.3, -0.25) is 0 Å². The van der Waals surface area contributed by atoms with Gasteiger partial charge in [-0.25, -0.2) is 0 Å². The fraction of sp³-hybridized carbons (Fsp3) is 0.125. The molecule has 0 amide bonds. The van der Waals surface area contributed by atoms with E-state index in [0.717, 1.165) is 46.3 Å². The Kier molecular flexibility index (Phi) is 2.89. The van der Waals surface area contributed by atoms with E-state index in [1.807, 2.05) is 36.4 Å². The van der Waals surface area contributed by atoms with Crippen LogP contribution in [0, 0.1) is 0 Å². The van der Waals surface area contributed by atoms with Crippen LogP contribution >= 0.6 is 11.6 Å². The van der Waals surface area contributed by atoms with Gasteiger partial charge in [0, 0.05) is 18.5 Å². The number of rotatable bonds is 1. The highest BCUT2D eigenvalue weighted by Crippen LogP contribution is 2.40. The number of H-pyrrole nitrogens is 1. The number of halogens is 1. The fourth-order valence-corrected chi connectivity index (χ4v) is 3.05. The summed E-state index contributed by atoms with van der Waals surface area (Å²) in [5, 5.41) is 12.1. The maximum Gasteiger partial charge on any atom is 0.118 e. The predicted molar refractivity (Wildman–Crippen MR) is 84.0 cm³/mol. The van der Waals surface area contributed by atoms with Crippen molar-refractivity contribution in [3.05, 3.63) is 59.2 Å². The van der Waals surface area contributed by atoms with Gasteiger partial charge in [0.2, 0.25) is 0 Å². The quantitative estimate of drug-likeness (QED) is 0.742. The summed E-state index contributed by atoms with van der Waals surface area (Å²) in [5.41, 5.74) is 5.13. The third kappa shape index (κ3) is 1.99. The first-order chi connectivity index (χ1) is 10.3. The Balaban J connectivity index is 1.92. The number of nitrogens with one attached hydrogen (secondary N) is 1. The van der Waals surface area contributed by atoms with Gasteiger partial charge in [-0.2, -0.15) is 15.4 Å². The summed E-state index contributed by atoms with van der Waals surface area (Å²) < 4.78 is 0. The van der Waals surface area contributed by atoms with Crippen molar-refractivity contribution in [3.8, 4) is 11.3 Å². The molecule has 0 aliphatic carbocycles. The van der Waals surface area contributed by atoms with E-state index >= 15 is 0 Å². The minimum atomic E-state index is 0.751. The van der Waals surface area contributed by atoms with Crippen molar-refractivity contribution < 1.29 is 0 Å². The topological polar surface area (TPSA) is 44.8 Å². The number of aromatic amines is 1. The van der Waals surface area contributed by atoms with E-state index in [1.54, 1.807) is 0 Å². The summed E-state index contributed by atoms with van der Waals surface area (Å²) in [6, 6.07) is 16.1. The molecular weight excluding hydrogens is 284 g/mol. The van der Waals surface area contributed by atoms with E-state index < -0.39 is 0 Å². The lowest BCUT2D eigenvalue weighted by atomic mass is 10.1. The second kappa shape index (κ2) is 4.90. The zero-order valence-electron chi connectivity index (χ0n) is 11.3. The third-order valence-electron chi connectivity index (χ3n) is 3.79. The molecule has 1 N–H and O–H groups in total. The Bertz CT molecular complexity index is 796. The summed E-state index contributed by atoms with van der Waals surface area (Å²) in [5.74, 6) is 0. The number of benzene rings is 2. The number of fused-ring (bicyclic) bond motifs is 3. The van der Waals surface area contributed by atoms with E-state index in [-0.39, 0.29) is 0 Å². The molecule has 0 bridgehead atoms. The summed E-state index contributed by atoms with van der Waals surface area (Å²) in [4.78, 5) is 2.24. The average molecular weight is 297 g/mol. The van der Waals surface area contributed by atoms with Crippen LogP contribution in [-0.4, -0.2) is 22.0 Å². The SMILES string of the molecule is Clc1ccccc1N1CCc2n[nH]nc2-c2ccccc21. The van der Waals surface area contributed by atoms with Gasteiger partial charge in [-0.15, -0.1) is 0 Å². The monoisotopic (exact) mass is 296 g/mol. The van der Waals surface area contributed by atoms with E-state index in [0.29, 0.717) is 0 Å². The van der Waals surface area contributed by atoms with Crippen LogP contribution < -0.4 is 4.90 Å². The van der Waals surface area contributed by atoms with E-state index in [1.165, 1.54) is 0 Å². The fourth-order valence-electron chi connectivity index (χ4n) is 2.81. The van der Waals surface area contributed by atoms with Crippen molar-refractivity contribution in [2.24, 2.45) is 0 Å². The highest BCUT2D eigenvalue weighted by Gasteiger charge is 2.24. The molecule has 4 nitrogen and oxygen atoms in total. The lowest BCUT2D eigenvalue weighted by Crippen LogP contribution is -2.19. The van der Waals surface area contributed by atoms with Gasteiger partial charge in [0.05, 0.1) is 22.1 Å². The van der Waals surface area contributed by atoms with Gasteiger partial charge in [0.25, 0.3) is 0 Å². The van der Waals surface area contributed by atoms with E-state index in [4.69, 9.17) is 11.6 Å². The highest BCUT2D eigenvalue weighted by atomic mass is 35.5. The zero-order valence-corrected chi connectivity index (χ0v) is 12.0. The molecule has 1 aromatic heterocycles. The second-order valence-electron chi connectivity index (χ2n) is 4.99. The first-order valence-electron chi connectivity index (χ1n) is 6.86. The van der Waals surface area contributed by atoms with E-state index in [9.17, 15) is 0 Å². The van der Waals surface area contributed by atoms with Crippen LogP contribution in [-0.2, 0) is 6.42 Å². The predicted octanol–water partition coefficient (Wildman–Crippen LogP) is 3.82. The molecule has 0 spiro atoms. The Morgan fingerprint density at radius 3 is 2.57 bits per heavy atom. The third-order valence-corrected chi connectivity index (χ3v) is 4.11. The first-order valence-corrected chi connectivity index (χ1v) is 7.23. The standard InChI is InChI=1S/C16H13ClN4/c17-12-6-2-4-8-15(12)21-10-9-13-16(19-20-18-13)11-5-1-3-7-14(11)21/h1-8H,9-10H2,(H,18,19,20). The van der Waals surface area contributed by atoms with Crippen molar-refractivity contribution in [1.82, 2.24) is 15.4 Å². The molecule has 0 unspecified atom stereocenters. The largest absolute Gasteiger partial charge is 0.339 e. The molecule has 1 aliphatic heterocycles. The van der Waals surface area contributed by atoms with Gasteiger partial charge in [-0.1, -0.05) is 41.9 Å². The number of nitrogens with zero attached hydrogens (tertiary/aromatic N) is 3. The van der Waals surface area contributed by atoms with Crippen LogP contribution in [0.5, 0.6) is 0 Å².